The molecule has 0 N–H and O–H groups in total. The van der Waals surface area contributed by atoms with E-state index in [0.29, 0.717) is 35.3 Å². The van der Waals surface area contributed by atoms with Crippen LogP contribution in [-0.4, -0.2) is 53.5 Å². The summed E-state index contributed by atoms with van der Waals surface area (Å²) in [5, 5.41) is 0. The minimum absolute atomic E-state index is 0.128. The molecule has 2 saturated carbocycles. The molecule has 3 heterocycles. The van der Waals surface area contributed by atoms with Gasteiger partial charge in [-0.3, -0.25) is 15.0 Å². The van der Waals surface area contributed by atoms with Gasteiger partial charge >= 0.3 is 0 Å². The van der Waals surface area contributed by atoms with Gasteiger partial charge in [0, 0.05) is 30.1 Å². The first-order valence-electron chi connectivity index (χ1n) is 20.7. The number of benzene rings is 1. The van der Waals surface area contributed by atoms with Crippen molar-refractivity contribution in [2.45, 2.75) is 115 Å². The largest absolute Gasteiger partial charge is 0.257 e. The third kappa shape index (κ3) is 10.3. The number of nitrogens with zero attached hydrogens (tertiary/aromatic N) is 3. The quantitative estimate of drug-likeness (QED) is 0.213. The molecule has 0 amide bonds. The Labute approximate surface area is 341 Å². The molecule has 0 unspecified atom stereocenters. The van der Waals surface area contributed by atoms with Gasteiger partial charge in [0.2, 0.25) is 0 Å². The lowest BCUT2D eigenvalue weighted by Crippen LogP contribution is -2.34. The second-order valence-corrected chi connectivity index (χ2v) is 23.9. The summed E-state index contributed by atoms with van der Waals surface area (Å²) in [7, 11) is -6.16. The summed E-state index contributed by atoms with van der Waals surface area (Å²) in [5.41, 5.74) is 7.23. The van der Waals surface area contributed by atoms with Gasteiger partial charge in [-0.2, -0.15) is 0 Å². The van der Waals surface area contributed by atoms with Crippen LogP contribution in [0.25, 0.3) is 16.8 Å². The van der Waals surface area contributed by atoms with Gasteiger partial charge in [0.25, 0.3) is 0 Å². The molecule has 1 aromatic carbocycles. The Hall–Kier alpha value is -3.76. The first-order chi connectivity index (χ1) is 26.9. The molecule has 306 valence electrons. The molecule has 10 heteroatoms. The number of hydrogen-bond donors (Lipinski definition) is 0. The average molecular weight is 814 g/mol. The lowest BCUT2D eigenvalue weighted by molar-refractivity contribution is 0.315. The van der Waals surface area contributed by atoms with E-state index >= 15 is 4.39 Å². The van der Waals surface area contributed by atoms with E-state index in [0.717, 1.165) is 80.3 Å². The second kappa shape index (κ2) is 17.6. The summed E-state index contributed by atoms with van der Waals surface area (Å²) in [6.07, 6.45) is 14.5. The molecule has 0 atom stereocenters. The maximum Gasteiger partial charge on any atom is 0.155 e. The molecule has 4 aliphatic rings. The summed E-state index contributed by atoms with van der Waals surface area (Å²) in [5.74, 6) is 1.50. The molecule has 0 radical (unpaired) electrons. The van der Waals surface area contributed by atoms with E-state index in [4.69, 9.17) is 4.99 Å². The zero-order chi connectivity index (χ0) is 41.0. The Balaban J connectivity index is 0.000000199. The number of halogens is 1. The van der Waals surface area contributed by atoms with Crippen molar-refractivity contribution in [1.82, 2.24) is 9.97 Å². The van der Waals surface area contributed by atoms with E-state index in [1.807, 2.05) is 54.6 Å². The first-order valence-corrected chi connectivity index (χ1v) is 24.0. The molecule has 0 saturated heterocycles. The molecule has 7 nitrogen and oxygen atoms in total. The van der Waals surface area contributed by atoms with Crippen molar-refractivity contribution in [3.05, 3.63) is 114 Å². The predicted molar refractivity (Wildman–Crippen MR) is 232 cm³/mol. The highest BCUT2D eigenvalue weighted by molar-refractivity contribution is 7.93. The zero-order valence-electron chi connectivity index (χ0n) is 34.5. The van der Waals surface area contributed by atoms with E-state index in [-0.39, 0.29) is 23.4 Å². The summed E-state index contributed by atoms with van der Waals surface area (Å²) in [6.45, 7) is 10.7. The molecular weight excluding hydrogens is 754 g/mol. The van der Waals surface area contributed by atoms with Crippen LogP contribution in [0.5, 0.6) is 0 Å². The van der Waals surface area contributed by atoms with E-state index in [9.17, 15) is 16.8 Å². The fraction of sp³-hybridized carbons (Fsp3) is 0.511. The van der Waals surface area contributed by atoms with Gasteiger partial charge in [0.05, 0.1) is 38.1 Å². The molecule has 3 aromatic rings. The lowest BCUT2D eigenvalue weighted by Gasteiger charge is -2.31. The second-order valence-electron chi connectivity index (χ2n) is 18.3. The summed E-state index contributed by atoms with van der Waals surface area (Å²) >= 11 is 0. The Bertz CT molecular complexity index is 2200. The standard InChI is InChI=1S/C26H31FN2O2S.C21H29NO2S/c1-26(2,3)32(30,31)17-18-10-12-19(13-11-18)20-16-21(22-8-4-6-14-28-22)24(25(20)27)23-9-5-7-15-29-23;1-21(2,3)25(23,24)15-16-9-11-18(12-10-16)20-14-13-19(22-20)17-7-5-4-6-8-17/h4-9,14-15,18-19H,10-13,16-17H2,1-3H3;4-8,13,16,18H,9-12,14-15H2,1-3H3. The van der Waals surface area contributed by atoms with Crippen molar-refractivity contribution in [3.8, 4) is 0 Å². The van der Waals surface area contributed by atoms with Crippen LogP contribution >= 0.6 is 0 Å². The number of hydrogen-bond acceptors (Lipinski definition) is 7. The lowest BCUT2D eigenvalue weighted by atomic mass is 9.78. The number of aromatic nitrogens is 2. The highest BCUT2D eigenvalue weighted by Gasteiger charge is 2.38. The Morgan fingerprint density at radius 1 is 0.632 bits per heavy atom. The van der Waals surface area contributed by atoms with Crippen LogP contribution in [0.3, 0.4) is 0 Å². The molecule has 2 aromatic heterocycles. The van der Waals surface area contributed by atoms with Crippen LogP contribution in [0.4, 0.5) is 4.39 Å². The van der Waals surface area contributed by atoms with Crippen LogP contribution in [0.1, 0.15) is 123 Å². The summed E-state index contributed by atoms with van der Waals surface area (Å²) in [6, 6.07) is 21.6. The number of pyridine rings is 2. The van der Waals surface area contributed by atoms with Crippen LogP contribution < -0.4 is 0 Å². The molecule has 1 aliphatic heterocycles. The third-order valence-electron chi connectivity index (χ3n) is 12.3. The van der Waals surface area contributed by atoms with Gasteiger partial charge < -0.3 is 0 Å². The van der Waals surface area contributed by atoms with Crippen molar-refractivity contribution in [1.29, 1.82) is 0 Å². The van der Waals surface area contributed by atoms with Gasteiger partial charge in [0.1, 0.15) is 5.83 Å². The fourth-order valence-corrected chi connectivity index (χ4v) is 11.4. The zero-order valence-corrected chi connectivity index (χ0v) is 36.2. The minimum atomic E-state index is -3.15. The van der Waals surface area contributed by atoms with Crippen LogP contribution in [-0.2, 0) is 19.7 Å². The monoisotopic (exact) mass is 813 g/mol. The summed E-state index contributed by atoms with van der Waals surface area (Å²) < 4.78 is 64.6. The molecular formula is C47H60FN3O4S2. The molecule has 2 fully saturated rings. The molecule has 0 spiro atoms. The number of rotatable bonds is 9. The Kier molecular flexibility index (Phi) is 13.2. The van der Waals surface area contributed by atoms with Crippen molar-refractivity contribution < 1.29 is 21.2 Å². The number of sulfone groups is 2. The molecule has 0 bridgehead atoms. The Morgan fingerprint density at radius 3 is 1.61 bits per heavy atom. The predicted octanol–water partition coefficient (Wildman–Crippen LogP) is 10.9. The minimum Gasteiger partial charge on any atom is -0.257 e. The normalized spacial score (nSPS) is 23.5. The third-order valence-corrected chi connectivity index (χ3v) is 17.9. The van der Waals surface area contributed by atoms with Crippen molar-refractivity contribution in [2.24, 2.45) is 28.7 Å². The average Bonchev–Trinajstić information content (AvgIpc) is 3.81. The Morgan fingerprint density at radius 2 is 1.12 bits per heavy atom. The van der Waals surface area contributed by atoms with E-state index in [2.05, 4.69) is 28.2 Å². The van der Waals surface area contributed by atoms with Gasteiger partial charge in [-0.25, -0.2) is 21.2 Å². The highest BCUT2D eigenvalue weighted by Crippen LogP contribution is 2.49. The maximum atomic E-state index is 15.8. The van der Waals surface area contributed by atoms with Gasteiger partial charge in [-0.15, -0.1) is 0 Å². The van der Waals surface area contributed by atoms with Crippen molar-refractivity contribution in [2.75, 3.05) is 11.5 Å². The van der Waals surface area contributed by atoms with Gasteiger partial charge in [-0.1, -0.05) is 48.5 Å². The van der Waals surface area contributed by atoms with Gasteiger partial charge in [0.15, 0.2) is 19.7 Å². The maximum absolute atomic E-state index is 15.8. The molecule has 57 heavy (non-hydrogen) atoms. The van der Waals surface area contributed by atoms with E-state index in [1.54, 1.807) is 53.9 Å². The van der Waals surface area contributed by atoms with Gasteiger partial charge in [-0.05, 0) is 164 Å². The van der Waals surface area contributed by atoms with Crippen LogP contribution in [0.15, 0.2) is 102 Å². The fourth-order valence-electron chi connectivity index (χ4n) is 8.47. The van der Waals surface area contributed by atoms with Crippen LogP contribution in [0.2, 0.25) is 0 Å². The van der Waals surface area contributed by atoms with E-state index in [1.165, 1.54) is 11.3 Å². The van der Waals surface area contributed by atoms with Crippen molar-refractivity contribution in [3.63, 3.8) is 0 Å². The summed E-state index contributed by atoms with van der Waals surface area (Å²) in [4.78, 5) is 13.8. The van der Waals surface area contributed by atoms with E-state index < -0.39 is 29.2 Å². The highest BCUT2D eigenvalue weighted by atomic mass is 32.2. The number of aliphatic imine (C=N–C) groups is 1. The first kappa shape index (κ1) is 42.8. The SMILES string of the molecule is CC(C)(C)S(=O)(=O)CC1CCC(C2=C(F)C(c3ccccn3)=C(c3ccccn3)C2)CC1.CC(C)(C)S(=O)(=O)CC1CCC(C2=NC(c3ccccc3)=CC2)CC1. The molecule has 3 aliphatic carbocycles. The topological polar surface area (TPSA) is 106 Å². The van der Waals surface area contributed by atoms with Crippen LogP contribution in [0, 0.1) is 23.7 Å². The molecule has 7 rings (SSSR count). The smallest absolute Gasteiger partial charge is 0.155 e. The van der Waals surface area contributed by atoms with Crippen molar-refractivity contribution >= 4 is 42.2 Å². The number of allylic oxidation sites excluding steroid dienone is 5.